The molecule has 14 nitrogen and oxygen atoms in total. The number of carbonyl (C=O) groups excluding carboxylic acids is 3. The number of aliphatic hydroxyl groups is 1. The summed E-state index contributed by atoms with van der Waals surface area (Å²) in [6.45, 7) is 15.1. The number of phenols is 1. The molecule has 4 aromatic carbocycles. The SMILES string of the molecule is Cc1ncsc1-c1ccc(C(C)NC(=O)[C@@H]2C[C@@H](O)CN2C(=O)C(NC(=O)COCCN2CCN(CCOc3ccc(Oc4c(-c5ccc(Br)cc5)sc5cc(O)ccc45)cc3)CC2)C(C)(C)C)cc1. The zero-order chi connectivity index (χ0) is 49.5. The highest BCUT2D eigenvalue weighted by atomic mass is 79.9. The Balaban J connectivity index is 0.741. The minimum absolute atomic E-state index is 0.00379. The van der Waals surface area contributed by atoms with E-state index in [1.165, 1.54) is 4.90 Å². The first-order valence-electron chi connectivity index (χ1n) is 23.6. The van der Waals surface area contributed by atoms with Crippen LogP contribution in [-0.2, 0) is 19.1 Å². The predicted molar refractivity (Wildman–Crippen MR) is 279 cm³/mol. The van der Waals surface area contributed by atoms with Gasteiger partial charge >= 0.3 is 0 Å². The van der Waals surface area contributed by atoms with Gasteiger partial charge in [0.25, 0.3) is 0 Å². The van der Waals surface area contributed by atoms with Crippen molar-refractivity contribution in [2.24, 2.45) is 5.41 Å². The third-order valence-corrected chi connectivity index (χ3v) is 15.5. The first kappa shape index (κ1) is 51.0. The quantitative estimate of drug-likeness (QED) is 0.0609. The first-order valence-corrected chi connectivity index (χ1v) is 26.1. The monoisotopic (exact) mass is 1050 g/mol. The lowest BCUT2D eigenvalue weighted by molar-refractivity contribution is -0.144. The Hall–Kier alpha value is -5.40. The lowest BCUT2D eigenvalue weighted by Crippen LogP contribution is -2.58. The van der Waals surface area contributed by atoms with E-state index in [9.17, 15) is 24.6 Å². The Kier molecular flexibility index (Phi) is 16.6. The van der Waals surface area contributed by atoms with E-state index in [1.807, 2.05) is 119 Å². The number of halogens is 1. The number of thiophene rings is 1. The van der Waals surface area contributed by atoms with Crippen molar-refractivity contribution in [2.45, 2.75) is 65.3 Å². The van der Waals surface area contributed by atoms with Crippen LogP contribution in [0, 0.1) is 12.3 Å². The number of piperazine rings is 1. The normalized spacial score (nSPS) is 17.6. The van der Waals surface area contributed by atoms with E-state index in [4.69, 9.17) is 14.2 Å². The van der Waals surface area contributed by atoms with Crippen molar-refractivity contribution < 1.29 is 38.8 Å². The van der Waals surface area contributed by atoms with Gasteiger partial charge in [0.1, 0.15) is 42.5 Å². The van der Waals surface area contributed by atoms with Gasteiger partial charge in [-0.25, -0.2) is 4.98 Å². The molecule has 0 spiro atoms. The van der Waals surface area contributed by atoms with E-state index < -0.39 is 35.4 Å². The summed E-state index contributed by atoms with van der Waals surface area (Å²) in [5, 5.41) is 27.6. The number of ether oxygens (including phenoxy) is 3. The zero-order valence-electron chi connectivity index (χ0n) is 40.2. The second kappa shape index (κ2) is 22.8. The van der Waals surface area contributed by atoms with E-state index in [2.05, 4.69) is 41.3 Å². The molecule has 2 aliphatic rings. The van der Waals surface area contributed by atoms with Gasteiger partial charge in [0.15, 0.2) is 5.75 Å². The second-order valence-corrected chi connectivity index (χ2v) is 21.8. The number of hydrogen-bond acceptors (Lipinski definition) is 13. The van der Waals surface area contributed by atoms with Gasteiger partial charge in [-0.1, -0.05) is 73.1 Å². The largest absolute Gasteiger partial charge is 0.508 e. The van der Waals surface area contributed by atoms with Gasteiger partial charge in [0.05, 0.1) is 39.7 Å². The van der Waals surface area contributed by atoms with Crippen molar-refractivity contribution in [1.29, 1.82) is 0 Å². The highest BCUT2D eigenvalue weighted by Crippen LogP contribution is 2.47. The predicted octanol–water partition coefficient (Wildman–Crippen LogP) is 8.64. The molecule has 2 aromatic heterocycles. The van der Waals surface area contributed by atoms with Crippen LogP contribution in [0.25, 0.3) is 31.0 Å². The molecule has 0 saturated carbocycles. The standard InChI is InChI=1S/C53H61BrN6O8S2/c1-33(35-6-8-36(9-7-35)48-34(2)55-32-69-48)56-51(64)44-28-40(62)30-60(44)52(65)50(53(3,4)5)57-46(63)31-66-26-24-58-20-22-59(23-21-58)25-27-67-41-15-17-42(18-16-41)68-47-43-19-14-39(61)29-45(43)70-49(47)37-10-12-38(54)13-11-37/h6-19,29,32-33,40,44,50,61-62H,20-28,30-31H2,1-5H3,(H,56,64)(H,57,63)/t33?,40-,44+,50?/m1/s1. The lowest BCUT2D eigenvalue weighted by Gasteiger charge is -2.35. The summed E-state index contributed by atoms with van der Waals surface area (Å²) in [6, 6.07) is 26.9. The van der Waals surface area contributed by atoms with Crippen LogP contribution < -0.4 is 20.1 Å². The number of aromatic hydroxyl groups is 1. The summed E-state index contributed by atoms with van der Waals surface area (Å²) in [5.74, 6) is 1.21. The summed E-state index contributed by atoms with van der Waals surface area (Å²) >= 11 is 6.68. The molecule has 4 atom stereocenters. The Bertz CT molecular complexity index is 2740. The highest BCUT2D eigenvalue weighted by Gasteiger charge is 2.44. The van der Waals surface area contributed by atoms with E-state index in [1.54, 1.807) is 34.8 Å². The molecule has 2 fully saturated rings. The van der Waals surface area contributed by atoms with Crippen LogP contribution in [-0.4, -0.2) is 131 Å². The summed E-state index contributed by atoms with van der Waals surface area (Å²) < 4.78 is 20.3. The Labute approximate surface area is 425 Å². The molecule has 17 heteroatoms. The summed E-state index contributed by atoms with van der Waals surface area (Å²) in [6.07, 6.45) is -0.762. The van der Waals surface area contributed by atoms with E-state index in [-0.39, 0.29) is 37.3 Å². The minimum Gasteiger partial charge on any atom is -0.508 e. The van der Waals surface area contributed by atoms with Gasteiger partial charge in [-0.3, -0.25) is 24.2 Å². The Morgan fingerprint density at radius 1 is 0.857 bits per heavy atom. The summed E-state index contributed by atoms with van der Waals surface area (Å²) in [5.41, 5.74) is 5.10. The number of aryl methyl sites for hydroxylation is 1. The van der Waals surface area contributed by atoms with Crippen molar-refractivity contribution in [3.05, 3.63) is 112 Å². The molecule has 0 bridgehead atoms. The highest BCUT2D eigenvalue weighted by molar-refractivity contribution is 9.10. The molecule has 4 heterocycles. The van der Waals surface area contributed by atoms with Crippen LogP contribution in [0.4, 0.5) is 0 Å². The van der Waals surface area contributed by atoms with Gasteiger partial charge < -0.3 is 40.0 Å². The number of aromatic nitrogens is 1. The van der Waals surface area contributed by atoms with E-state index in [0.717, 1.165) is 90.9 Å². The number of aliphatic hydroxyl groups excluding tert-OH is 1. The minimum atomic E-state index is -0.943. The van der Waals surface area contributed by atoms with Crippen molar-refractivity contribution in [2.75, 3.05) is 65.6 Å². The van der Waals surface area contributed by atoms with Crippen LogP contribution >= 0.6 is 38.6 Å². The smallest absolute Gasteiger partial charge is 0.246 e. The Morgan fingerprint density at radius 3 is 2.16 bits per heavy atom. The molecular formula is C53H61BrN6O8S2. The summed E-state index contributed by atoms with van der Waals surface area (Å²) in [7, 11) is 0. The lowest BCUT2D eigenvalue weighted by atomic mass is 9.85. The van der Waals surface area contributed by atoms with Gasteiger partial charge in [-0.2, -0.15) is 0 Å². The number of likely N-dealkylation sites (tertiary alicyclic amines) is 1. The number of rotatable bonds is 18. The van der Waals surface area contributed by atoms with Crippen molar-refractivity contribution in [1.82, 2.24) is 30.3 Å². The number of phenolic OH excluding ortho intramolecular Hbond substituents is 1. The molecule has 2 aliphatic heterocycles. The number of thiazole rings is 1. The molecule has 0 aliphatic carbocycles. The molecule has 2 unspecified atom stereocenters. The fraction of sp³-hybridized carbons (Fsp3) is 0.396. The third-order valence-electron chi connectivity index (χ3n) is 12.8. The molecule has 4 N–H and O–H groups in total. The number of hydrogen-bond donors (Lipinski definition) is 4. The second-order valence-electron chi connectivity index (χ2n) is 19.0. The molecule has 2 saturated heterocycles. The number of β-amino-alcohol motifs (C(OH)–C–C–N with tert-alkyl or cyclic N) is 1. The molecular weight excluding hydrogens is 993 g/mol. The molecule has 3 amide bonds. The fourth-order valence-corrected chi connectivity index (χ4v) is 11.0. The topological polar surface area (TPSA) is 166 Å². The van der Waals surface area contributed by atoms with Gasteiger partial charge in [-0.15, -0.1) is 22.7 Å². The molecule has 70 heavy (non-hydrogen) atoms. The van der Waals surface area contributed by atoms with Gasteiger partial charge in [-0.05, 0) is 90.6 Å². The first-order chi connectivity index (χ1) is 33.6. The van der Waals surface area contributed by atoms with Crippen LogP contribution in [0.2, 0.25) is 0 Å². The molecule has 8 rings (SSSR count). The van der Waals surface area contributed by atoms with Crippen LogP contribution in [0.1, 0.15) is 51.4 Å². The van der Waals surface area contributed by atoms with Crippen LogP contribution in [0.3, 0.4) is 0 Å². The van der Waals surface area contributed by atoms with E-state index >= 15 is 0 Å². The third kappa shape index (κ3) is 12.7. The maximum Gasteiger partial charge on any atom is 0.246 e. The maximum absolute atomic E-state index is 14.1. The number of benzene rings is 4. The average molecular weight is 1050 g/mol. The Morgan fingerprint density at radius 2 is 1.50 bits per heavy atom. The number of nitrogens with zero attached hydrogens (tertiary/aromatic N) is 4. The fourth-order valence-electron chi connectivity index (χ4n) is 8.78. The van der Waals surface area contributed by atoms with E-state index in [0.29, 0.717) is 25.5 Å². The van der Waals surface area contributed by atoms with Crippen LogP contribution in [0.5, 0.6) is 23.0 Å². The van der Waals surface area contributed by atoms with Crippen molar-refractivity contribution >= 4 is 66.4 Å². The molecule has 370 valence electrons. The van der Waals surface area contributed by atoms with Gasteiger partial charge in [0.2, 0.25) is 17.7 Å². The number of fused-ring (bicyclic) bond motifs is 1. The molecule has 6 aromatic rings. The van der Waals surface area contributed by atoms with Crippen molar-refractivity contribution in [3.63, 3.8) is 0 Å². The summed E-state index contributed by atoms with van der Waals surface area (Å²) in [4.78, 5) is 53.5. The van der Waals surface area contributed by atoms with Crippen molar-refractivity contribution in [3.8, 4) is 43.9 Å². The molecule has 0 radical (unpaired) electrons. The maximum atomic E-state index is 14.1. The number of amides is 3. The zero-order valence-corrected chi connectivity index (χ0v) is 43.4. The number of nitrogens with one attached hydrogen (secondary N) is 2. The number of carbonyl (C=O) groups is 3. The van der Waals surface area contributed by atoms with Gasteiger partial charge in [0, 0.05) is 66.8 Å². The van der Waals surface area contributed by atoms with Crippen LogP contribution in [0.15, 0.2) is 101 Å². The average Bonchev–Trinajstić information content (AvgIpc) is 4.06.